The highest BCUT2D eigenvalue weighted by molar-refractivity contribution is 6.07. The largest absolute Gasteiger partial charge is 0.493 e. The van der Waals surface area contributed by atoms with Crippen LogP contribution in [0.2, 0.25) is 0 Å². The number of para-hydroxylation sites is 1. The van der Waals surface area contributed by atoms with E-state index in [1.54, 1.807) is 6.08 Å². The summed E-state index contributed by atoms with van der Waals surface area (Å²) in [6.07, 6.45) is 3.59. The van der Waals surface area contributed by atoms with Gasteiger partial charge in [0.2, 0.25) is 5.75 Å². The Morgan fingerprint density at radius 2 is 1.64 bits per heavy atom. The molecule has 0 bridgehead atoms. The number of carbonyl (C=O) groups excluding carboxylic acids is 2. The number of hydrogen-bond donors (Lipinski definition) is 2. The van der Waals surface area contributed by atoms with E-state index in [9.17, 15) is 9.59 Å². The number of nitrogens with one attached hydrogen (secondary N) is 2. The molecule has 0 unspecified atom stereocenters. The molecule has 8 heteroatoms. The molecule has 2 N–H and O–H groups in total. The van der Waals surface area contributed by atoms with Crippen molar-refractivity contribution in [1.82, 2.24) is 15.2 Å². The van der Waals surface area contributed by atoms with Crippen LogP contribution in [0, 0.1) is 0 Å². The zero-order chi connectivity index (χ0) is 24.1. The minimum Gasteiger partial charge on any atom is -0.493 e. The Bertz CT molecular complexity index is 1180. The first kappa shape index (κ1) is 23.7. The number of carbonyl (C=O) groups is 2. The van der Waals surface area contributed by atoms with Gasteiger partial charge in [0.25, 0.3) is 11.8 Å². The maximum absolute atomic E-state index is 13.2. The van der Waals surface area contributed by atoms with Crippen LogP contribution < -0.4 is 24.8 Å². The first-order valence-corrected chi connectivity index (χ1v) is 10.5. The van der Waals surface area contributed by atoms with Crippen LogP contribution in [-0.2, 0) is 11.8 Å². The van der Waals surface area contributed by atoms with Gasteiger partial charge in [0.1, 0.15) is 5.70 Å². The van der Waals surface area contributed by atoms with Crippen molar-refractivity contribution in [2.24, 2.45) is 7.05 Å². The molecule has 8 nitrogen and oxygen atoms in total. The normalized spacial score (nSPS) is 11.4. The Kier molecular flexibility index (Phi) is 7.27. The van der Waals surface area contributed by atoms with E-state index >= 15 is 0 Å². The van der Waals surface area contributed by atoms with Crippen molar-refractivity contribution in [3.63, 3.8) is 0 Å². The lowest BCUT2D eigenvalue weighted by Crippen LogP contribution is -2.38. The second-order valence-corrected chi connectivity index (χ2v) is 7.77. The minimum absolute atomic E-state index is 0.105. The summed E-state index contributed by atoms with van der Waals surface area (Å²) >= 11 is 0. The molecule has 1 heterocycles. The quantitative estimate of drug-likeness (QED) is 0.512. The SMILES string of the molecule is COc1cc(C(=O)N/C(=C\c2cn(C)c3ccccc23)C(=O)NC(C)C)cc(OC)c1OC. The van der Waals surface area contributed by atoms with Crippen LogP contribution in [0.5, 0.6) is 17.2 Å². The molecule has 0 aliphatic rings. The number of ether oxygens (including phenoxy) is 3. The van der Waals surface area contributed by atoms with Crippen LogP contribution in [0.15, 0.2) is 48.3 Å². The summed E-state index contributed by atoms with van der Waals surface area (Å²) in [6.45, 7) is 3.71. The summed E-state index contributed by atoms with van der Waals surface area (Å²) in [4.78, 5) is 26.1. The average Bonchev–Trinajstić information content (AvgIpc) is 3.12. The Balaban J connectivity index is 2.03. The number of rotatable bonds is 8. The fraction of sp³-hybridized carbons (Fsp3) is 0.280. The highest BCUT2D eigenvalue weighted by Gasteiger charge is 2.20. The number of amides is 2. The lowest BCUT2D eigenvalue weighted by atomic mass is 10.1. The average molecular weight is 452 g/mol. The molecule has 2 aromatic carbocycles. The third kappa shape index (κ3) is 5.11. The van der Waals surface area contributed by atoms with Crippen molar-refractivity contribution in [3.8, 4) is 17.2 Å². The maximum atomic E-state index is 13.2. The molecule has 0 spiro atoms. The third-order valence-electron chi connectivity index (χ3n) is 5.07. The second-order valence-electron chi connectivity index (χ2n) is 7.77. The highest BCUT2D eigenvalue weighted by Crippen LogP contribution is 2.38. The van der Waals surface area contributed by atoms with E-state index in [1.165, 1.54) is 33.5 Å². The van der Waals surface area contributed by atoms with Crippen molar-refractivity contribution >= 4 is 28.8 Å². The number of methoxy groups -OCH3 is 3. The van der Waals surface area contributed by atoms with Gasteiger partial charge in [-0.15, -0.1) is 0 Å². The number of nitrogens with zero attached hydrogens (tertiary/aromatic N) is 1. The summed E-state index contributed by atoms with van der Waals surface area (Å²) in [5, 5.41) is 6.56. The van der Waals surface area contributed by atoms with Gasteiger partial charge in [-0.3, -0.25) is 9.59 Å². The Labute approximate surface area is 193 Å². The number of fused-ring (bicyclic) bond motifs is 1. The minimum atomic E-state index is -0.486. The summed E-state index contributed by atoms with van der Waals surface area (Å²) in [7, 11) is 6.37. The molecule has 1 aromatic heterocycles. The first-order chi connectivity index (χ1) is 15.8. The van der Waals surface area contributed by atoms with E-state index < -0.39 is 11.8 Å². The van der Waals surface area contributed by atoms with Crippen LogP contribution >= 0.6 is 0 Å². The molecule has 2 amide bonds. The standard InChI is InChI=1S/C25H29N3O5/c1-15(2)26-25(30)19(11-17-14-28(3)20-10-8-7-9-18(17)20)27-24(29)16-12-21(31-4)23(33-6)22(13-16)32-5/h7-15H,1-6H3,(H,26,30)(H,27,29)/b19-11-. The van der Waals surface area contributed by atoms with Crippen LogP contribution in [0.3, 0.4) is 0 Å². The molecule has 0 fully saturated rings. The van der Waals surface area contributed by atoms with Crippen molar-refractivity contribution in [2.75, 3.05) is 21.3 Å². The molecule has 0 saturated heterocycles. The van der Waals surface area contributed by atoms with E-state index in [1.807, 2.05) is 55.9 Å². The second kappa shape index (κ2) is 10.1. The topological polar surface area (TPSA) is 90.8 Å². The molecular weight excluding hydrogens is 422 g/mol. The van der Waals surface area contributed by atoms with Crippen molar-refractivity contribution in [3.05, 3.63) is 59.4 Å². The van der Waals surface area contributed by atoms with Crippen LogP contribution in [0.25, 0.3) is 17.0 Å². The fourth-order valence-corrected chi connectivity index (χ4v) is 3.55. The van der Waals surface area contributed by atoms with Crippen molar-refractivity contribution < 1.29 is 23.8 Å². The zero-order valence-corrected chi connectivity index (χ0v) is 19.7. The number of aromatic nitrogens is 1. The maximum Gasteiger partial charge on any atom is 0.268 e. The van der Waals surface area contributed by atoms with E-state index in [-0.39, 0.29) is 17.3 Å². The molecule has 0 saturated carbocycles. The zero-order valence-electron chi connectivity index (χ0n) is 19.7. The van der Waals surface area contributed by atoms with Gasteiger partial charge in [-0.05, 0) is 38.1 Å². The molecule has 0 aliphatic carbocycles. The van der Waals surface area contributed by atoms with Gasteiger partial charge in [0.15, 0.2) is 11.5 Å². The predicted octanol–water partition coefficient (Wildman–Crippen LogP) is 3.50. The lowest BCUT2D eigenvalue weighted by Gasteiger charge is -2.16. The molecule has 174 valence electrons. The monoisotopic (exact) mass is 451 g/mol. The van der Waals surface area contributed by atoms with E-state index in [0.29, 0.717) is 17.2 Å². The predicted molar refractivity (Wildman–Crippen MR) is 128 cm³/mol. The van der Waals surface area contributed by atoms with Crippen molar-refractivity contribution in [2.45, 2.75) is 19.9 Å². The van der Waals surface area contributed by atoms with Crippen molar-refractivity contribution in [1.29, 1.82) is 0 Å². The van der Waals surface area contributed by atoms with Gasteiger partial charge < -0.3 is 29.4 Å². The molecule has 3 rings (SSSR count). The van der Waals surface area contributed by atoms with Gasteiger partial charge in [-0.25, -0.2) is 0 Å². The van der Waals surface area contributed by atoms with Crippen LogP contribution in [0.1, 0.15) is 29.8 Å². The van der Waals surface area contributed by atoms with Gasteiger partial charge in [-0.1, -0.05) is 18.2 Å². The summed E-state index contributed by atoms with van der Waals surface area (Å²) in [5.74, 6) is 0.181. The Morgan fingerprint density at radius 1 is 1.00 bits per heavy atom. The molecule has 0 aliphatic heterocycles. The fourth-order valence-electron chi connectivity index (χ4n) is 3.55. The van der Waals surface area contributed by atoms with Crippen LogP contribution in [0.4, 0.5) is 0 Å². The summed E-state index contributed by atoms with van der Waals surface area (Å²) in [5.41, 5.74) is 2.21. The number of aryl methyl sites for hydroxylation is 1. The summed E-state index contributed by atoms with van der Waals surface area (Å²) < 4.78 is 18.0. The molecule has 3 aromatic rings. The van der Waals surface area contributed by atoms with E-state index in [0.717, 1.165) is 16.5 Å². The Hall–Kier alpha value is -3.94. The lowest BCUT2D eigenvalue weighted by molar-refractivity contribution is -0.118. The third-order valence-corrected chi connectivity index (χ3v) is 5.07. The first-order valence-electron chi connectivity index (χ1n) is 10.5. The van der Waals surface area contributed by atoms with E-state index in [4.69, 9.17) is 14.2 Å². The number of hydrogen-bond acceptors (Lipinski definition) is 5. The number of benzene rings is 2. The summed E-state index contributed by atoms with van der Waals surface area (Å²) in [6, 6.07) is 10.8. The van der Waals surface area contributed by atoms with Gasteiger partial charge in [0.05, 0.1) is 21.3 Å². The molecule has 33 heavy (non-hydrogen) atoms. The van der Waals surface area contributed by atoms with Gasteiger partial charge in [0, 0.05) is 41.3 Å². The van der Waals surface area contributed by atoms with Gasteiger partial charge in [-0.2, -0.15) is 0 Å². The van der Waals surface area contributed by atoms with Gasteiger partial charge >= 0.3 is 0 Å². The van der Waals surface area contributed by atoms with Crippen LogP contribution in [-0.4, -0.2) is 43.8 Å². The molecule has 0 radical (unpaired) electrons. The molecule has 0 atom stereocenters. The van der Waals surface area contributed by atoms with E-state index in [2.05, 4.69) is 10.6 Å². The molecular formula is C25H29N3O5. The highest BCUT2D eigenvalue weighted by atomic mass is 16.5. The smallest absolute Gasteiger partial charge is 0.268 e. The Morgan fingerprint density at radius 3 is 2.21 bits per heavy atom.